The van der Waals surface area contributed by atoms with Gasteiger partial charge in [0.2, 0.25) is 0 Å². The van der Waals surface area contributed by atoms with Crippen molar-refractivity contribution in [3.8, 4) is 0 Å². The van der Waals surface area contributed by atoms with Crippen LogP contribution < -0.4 is 5.32 Å². The van der Waals surface area contributed by atoms with Crippen LogP contribution in [0.3, 0.4) is 0 Å². The molecule has 2 amide bonds. The van der Waals surface area contributed by atoms with Gasteiger partial charge in [-0.25, -0.2) is 9.78 Å². The lowest BCUT2D eigenvalue weighted by Gasteiger charge is -2.20. The van der Waals surface area contributed by atoms with Gasteiger partial charge in [-0.3, -0.25) is 5.32 Å². The van der Waals surface area contributed by atoms with Crippen LogP contribution in [0.5, 0.6) is 0 Å². The van der Waals surface area contributed by atoms with E-state index >= 15 is 0 Å². The summed E-state index contributed by atoms with van der Waals surface area (Å²) in [6.45, 7) is 2.59. The van der Waals surface area contributed by atoms with Crippen LogP contribution in [0.4, 0.5) is 9.93 Å². The van der Waals surface area contributed by atoms with Gasteiger partial charge in [0.25, 0.3) is 0 Å². The molecule has 114 valence electrons. The summed E-state index contributed by atoms with van der Waals surface area (Å²) in [5.74, 6) is 1.41. The molecule has 0 aromatic carbocycles. The molecule has 0 spiro atoms. The summed E-state index contributed by atoms with van der Waals surface area (Å²) in [5, 5.41) is 5.26. The fraction of sp³-hybridized carbons (Fsp3) is 0.200. The highest BCUT2D eigenvalue weighted by Gasteiger charge is 2.18. The smallest absolute Gasteiger partial charge is 0.324 e. The lowest BCUT2D eigenvalue weighted by molar-refractivity contribution is 0.195. The second kappa shape index (κ2) is 6.48. The van der Waals surface area contributed by atoms with Gasteiger partial charge in [-0.15, -0.1) is 11.3 Å². The maximum absolute atomic E-state index is 12.5. The van der Waals surface area contributed by atoms with Gasteiger partial charge < -0.3 is 13.7 Å². The van der Waals surface area contributed by atoms with Gasteiger partial charge in [-0.1, -0.05) is 0 Å². The number of aromatic nitrogens is 1. The molecule has 0 bridgehead atoms. The number of hydrogen-bond donors (Lipinski definition) is 1. The van der Waals surface area contributed by atoms with Gasteiger partial charge in [0.1, 0.15) is 11.5 Å². The van der Waals surface area contributed by atoms with Gasteiger partial charge in [0.05, 0.1) is 31.3 Å². The Balaban J connectivity index is 1.72. The third kappa shape index (κ3) is 3.56. The van der Waals surface area contributed by atoms with E-state index in [2.05, 4.69) is 10.3 Å². The Kier molecular flexibility index (Phi) is 4.24. The maximum atomic E-state index is 12.5. The summed E-state index contributed by atoms with van der Waals surface area (Å²) in [5.41, 5.74) is 0.879. The van der Waals surface area contributed by atoms with Crippen LogP contribution in [0, 0.1) is 6.92 Å². The zero-order valence-corrected chi connectivity index (χ0v) is 12.8. The molecule has 0 aliphatic rings. The molecule has 0 aliphatic carbocycles. The van der Waals surface area contributed by atoms with Gasteiger partial charge >= 0.3 is 6.03 Å². The summed E-state index contributed by atoms with van der Waals surface area (Å²) in [6, 6.07) is 7.00. The molecule has 0 unspecified atom stereocenters. The molecule has 6 nitrogen and oxygen atoms in total. The number of furan rings is 2. The van der Waals surface area contributed by atoms with Crippen LogP contribution in [0.25, 0.3) is 0 Å². The molecular weight excluding hydrogens is 302 g/mol. The fourth-order valence-corrected chi connectivity index (χ4v) is 2.64. The summed E-state index contributed by atoms with van der Waals surface area (Å²) >= 11 is 1.39. The second-order valence-electron chi connectivity index (χ2n) is 4.74. The Bertz CT molecular complexity index is 683. The summed E-state index contributed by atoms with van der Waals surface area (Å²) in [4.78, 5) is 18.3. The van der Waals surface area contributed by atoms with Crippen molar-refractivity contribution >= 4 is 22.5 Å². The van der Waals surface area contributed by atoms with E-state index in [0.29, 0.717) is 29.7 Å². The predicted octanol–water partition coefficient (Wildman–Crippen LogP) is 3.87. The minimum atomic E-state index is -0.248. The summed E-state index contributed by atoms with van der Waals surface area (Å²) in [6.07, 6.45) is 3.17. The number of nitrogens with zero attached hydrogens (tertiary/aromatic N) is 2. The Morgan fingerprint density at radius 2 is 1.86 bits per heavy atom. The Hall–Kier alpha value is -2.54. The van der Waals surface area contributed by atoms with Crippen LogP contribution in [-0.4, -0.2) is 15.9 Å². The standard InChI is InChI=1S/C15H15N3O3S/c1-11-10-22-14(16-11)17-15(19)18(8-12-4-2-6-20-12)9-13-5-3-7-21-13/h2-7,10H,8-9H2,1H3,(H,16,17,19). The topological polar surface area (TPSA) is 71.5 Å². The van der Waals surface area contributed by atoms with Gasteiger partial charge in [-0.05, 0) is 31.2 Å². The summed E-state index contributed by atoms with van der Waals surface area (Å²) < 4.78 is 10.6. The van der Waals surface area contributed by atoms with Crippen LogP contribution in [-0.2, 0) is 13.1 Å². The van der Waals surface area contributed by atoms with E-state index in [9.17, 15) is 4.79 Å². The van der Waals surface area contributed by atoms with E-state index in [1.807, 2.05) is 24.4 Å². The zero-order chi connectivity index (χ0) is 15.4. The lowest BCUT2D eigenvalue weighted by Crippen LogP contribution is -2.33. The molecule has 22 heavy (non-hydrogen) atoms. The first-order chi connectivity index (χ1) is 10.7. The average Bonchev–Trinajstić information content (AvgIpc) is 3.21. The highest BCUT2D eigenvalue weighted by Crippen LogP contribution is 2.17. The van der Waals surface area contributed by atoms with E-state index in [4.69, 9.17) is 8.83 Å². The normalized spacial score (nSPS) is 10.6. The Morgan fingerprint density at radius 3 is 2.32 bits per heavy atom. The van der Waals surface area contributed by atoms with Crippen LogP contribution >= 0.6 is 11.3 Å². The molecule has 0 saturated carbocycles. The molecular formula is C15H15N3O3S. The van der Waals surface area contributed by atoms with Crippen LogP contribution in [0.15, 0.2) is 51.0 Å². The maximum Gasteiger partial charge on any atom is 0.324 e. The molecule has 0 saturated heterocycles. The van der Waals surface area contributed by atoms with Gasteiger partial charge in [-0.2, -0.15) is 0 Å². The highest BCUT2D eigenvalue weighted by molar-refractivity contribution is 7.13. The van der Waals surface area contributed by atoms with Crippen molar-refractivity contribution < 1.29 is 13.6 Å². The van der Waals surface area contributed by atoms with Crippen LogP contribution in [0.1, 0.15) is 17.2 Å². The van der Waals surface area contributed by atoms with Crippen molar-refractivity contribution in [3.63, 3.8) is 0 Å². The first-order valence-electron chi connectivity index (χ1n) is 6.73. The number of carbonyl (C=O) groups excluding carboxylic acids is 1. The third-order valence-corrected chi connectivity index (χ3v) is 3.85. The largest absolute Gasteiger partial charge is 0.467 e. The van der Waals surface area contributed by atoms with E-state index in [-0.39, 0.29) is 6.03 Å². The molecule has 3 heterocycles. The molecule has 3 aromatic rings. The van der Waals surface area contributed by atoms with E-state index < -0.39 is 0 Å². The number of thiazole rings is 1. The minimum Gasteiger partial charge on any atom is -0.467 e. The molecule has 3 rings (SSSR count). The molecule has 0 radical (unpaired) electrons. The SMILES string of the molecule is Cc1csc(NC(=O)N(Cc2ccco2)Cc2ccco2)n1. The Morgan fingerprint density at radius 1 is 1.23 bits per heavy atom. The van der Waals surface area contributed by atoms with Gasteiger partial charge in [0.15, 0.2) is 5.13 Å². The van der Waals surface area contributed by atoms with Crippen molar-refractivity contribution in [1.82, 2.24) is 9.88 Å². The predicted molar refractivity (Wildman–Crippen MR) is 82.5 cm³/mol. The molecule has 0 aliphatic heterocycles. The van der Waals surface area contributed by atoms with Gasteiger partial charge in [0, 0.05) is 5.38 Å². The van der Waals surface area contributed by atoms with Crippen molar-refractivity contribution in [2.45, 2.75) is 20.0 Å². The van der Waals surface area contributed by atoms with E-state index in [1.165, 1.54) is 11.3 Å². The molecule has 1 N–H and O–H groups in total. The number of carbonyl (C=O) groups is 1. The molecule has 0 atom stereocenters. The van der Waals surface area contributed by atoms with Crippen LogP contribution in [0.2, 0.25) is 0 Å². The first kappa shape index (κ1) is 14.4. The van der Waals surface area contributed by atoms with E-state index in [1.54, 1.807) is 29.6 Å². The number of urea groups is 1. The zero-order valence-electron chi connectivity index (χ0n) is 12.0. The number of hydrogen-bond acceptors (Lipinski definition) is 5. The molecule has 3 aromatic heterocycles. The number of amides is 2. The number of aryl methyl sites for hydroxylation is 1. The first-order valence-corrected chi connectivity index (χ1v) is 7.61. The monoisotopic (exact) mass is 317 g/mol. The van der Waals surface area contributed by atoms with Crippen molar-refractivity contribution in [2.75, 3.05) is 5.32 Å². The van der Waals surface area contributed by atoms with Crippen molar-refractivity contribution in [2.24, 2.45) is 0 Å². The second-order valence-corrected chi connectivity index (χ2v) is 5.60. The number of anilines is 1. The third-order valence-electron chi connectivity index (χ3n) is 2.97. The number of rotatable bonds is 5. The number of nitrogens with one attached hydrogen (secondary N) is 1. The van der Waals surface area contributed by atoms with Crippen molar-refractivity contribution in [3.05, 3.63) is 59.4 Å². The minimum absolute atomic E-state index is 0.248. The van der Waals surface area contributed by atoms with Crippen molar-refractivity contribution in [1.29, 1.82) is 0 Å². The quantitative estimate of drug-likeness (QED) is 0.775. The summed E-state index contributed by atoms with van der Waals surface area (Å²) in [7, 11) is 0. The molecule has 7 heteroatoms. The lowest BCUT2D eigenvalue weighted by atomic mass is 10.3. The average molecular weight is 317 g/mol. The highest BCUT2D eigenvalue weighted by atomic mass is 32.1. The fourth-order valence-electron chi connectivity index (χ4n) is 1.96. The Labute approximate surface area is 131 Å². The van der Waals surface area contributed by atoms with E-state index in [0.717, 1.165) is 5.69 Å². The molecule has 0 fully saturated rings.